The molecular weight excluding hydrogens is 236 g/mol. The van der Waals surface area contributed by atoms with Crippen LogP contribution < -0.4 is 5.73 Å². The molecule has 1 atom stereocenters. The molecule has 2 N–H and O–H groups in total. The standard InChI is InChI=1S/C12H15ClN4/c1-7(14)10-4-5-12(11(13)6-10)17-9(3)15-8(2)16-17/h4-7H,14H2,1-3H3. The summed E-state index contributed by atoms with van der Waals surface area (Å²) in [5.41, 5.74) is 7.65. The summed E-state index contributed by atoms with van der Waals surface area (Å²) < 4.78 is 1.74. The number of nitrogens with zero attached hydrogens (tertiary/aromatic N) is 3. The van der Waals surface area contributed by atoms with Gasteiger partial charge in [0.2, 0.25) is 0 Å². The van der Waals surface area contributed by atoms with Crippen molar-refractivity contribution >= 4 is 11.6 Å². The van der Waals surface area contributed by atoms with Gasteiger partial charge in [0.1, 0.15) is 11.6 Å². The number of hydrogen-bond donors (Lipinski definition) is 1. The van der Waals surface area contributed by atoms with E-state index >= 15 is 0 Å². The Hall–Kier alpha value is -1.39. The first kappa shape index (κ1) is 12.1. The van der Waals surface area contributed by atoms with Gasteiger partial charge in [-0.2, -0.15) is 5.10 Å². The van der Waals surface area contributed by atoms with E-state index in [4.69, 9.17) is 17.3 Å². The van der Waals surface area contributed by atoms with Gasteiger partial charge in [0.05, 0.1) is 10.7 Å². The van der Waals surface area contributed by atoms with Crippen LogP contribution in [0.2, 0.25) is 5.02 Å². The fourth-order valence-electron chi connectivity index (χ4n) is 1.73. The summed E-state index contributed by atoms with van der Waals surface area (Å²) in [6.07, 6.45) is 0. The van der Waals surface area contributed by atoms with Gasteiger partial charge >= 0.3 is 0 Å². The molecule has 1 heterocycles. The average Bonchev–Trinajstić information content (AvgIpc) is 2.57. The smallest absolute Gasteiger partial charge is 0.148 e. The Labute approximate surface area is 105 Å². The van der Waals surface area contributed by atoms with Gasteiger partial charge in [0.15, 0.2) is 0 Å². The predicted octanol–water partition coefficient (Wildman–Crippen LogP) is 2.56. The highest BCUT2D eigenvalue weighted by Gasteiger charge is 2.10. The zero-order valence-corrected chi connectivity index (χ0v) is 10.9. The first-order chi connectivity index (χ1) is 7.99. The van der Waals surface area contributed by atoms with Crippen LogP contribution in [0.15, 0.2) is 18.2 Å². The van der Waals surface area contributed by atoms with Gasteiger partial charge in [0.25, 0.3) is 0 Å². The van der Waals surface area contributed by atoms with E-state index in [1.54, 1.807) is 4.68 Å². The topological polar surface area (TPSA) is 56.7 Å². The number of rotatable bonds is 2. The zero-order chi connectivity index (χ0) is 12.6. The molecule has 0 saturated carbocycles. The van der Waals surface area contributed by atoms with Gasteiger partial charge in [-0.15, -0.1) is 0 Å². The van der Waals surface area contributed by atoms with Crippen LogP contribution in [-0.4, -0.2) is 14.8 Å². The van der Waals surface area contributed by atoms with Gasteiger partial charge in [-0.1, -0.05) is 17.7 Å². The van der Waals surface area contributed by atoms with Gasteiger partial charge in [-0.05, 0) is 38.5 Å². The molecule has 2 rings (SSSR count). The zero-order valence-electron chi connectivity index (χ0n) is 10.1. The molecule has 5 heteroatoms. The maximum absolute atomic E-state index is 6.25. The number of nitrogens with two attached hydrogens (primary N) is 1. The highest BCUT2D eigenvalue weighted by atomic mass is 35.5. The van der Waals surface area contributed by atoms with Crippen molar-refractivity contribution in [3.8, 4) is 5.69 Å². The van der Waals surface area contributed by atoms with E-state index in [1.807, 2.05) is 39.0 Å². The number of halogens is 1. The number of aryl methyl sites for hydroxylation is 2. The maximum Gasteiger partial charge on any atom is 0.148 e. The van der Waals surface area contributed by atoms with Crippen LogP contribution in [0.1, 0.15) is 30.2 Å². The molecule has 0 radical (unpaired) electrons. The van der Waals surface area contributed by atoms with Gasteiger partial charge < -0.3 is 5.73 Å². The van der Waals surface area contributed by atoms with Crippen molar-refractivity contribution < 1.29 is 0 Å². The first-order valence-corrected chi connectivity index (χ1v) is 5.82. The lowest BCUT2D eigenvalue weighted by Gasteiger charge is -2.10. The van der Waals surface area contributed by atoms with Crippen LogP contribution >= 0.6 is 11.6 Å². The van der Waals surface area contributed by atoms with Crippen LogP contribution in [0.5, 0.6) is 0 Å². The number of benzene rings is 1. The molecule has 2 aromatic rings. The first-order valence-electron chi connectivity index (χ1n) is 5.44. The largest absolute Gasteiger partial charge is 0.324 e. The lowest BCUT2D eigenvalue weighted by Crippen LogP contribution is -2.06. The maximum atomic E-state index is 6.25. The van der Waals surface area contributed by atoms with Crippen LogP contribution in [0.25, 0.3) is 5.69 Å². The molecule has 0 spiro atoms. The number of hydrogen-bond acceptors (Lipinski definition) is 3. The van der Waals surface area contributed by atoms with E-state index in [1.165, 1.54) is 0 Å². The molecular formula is C12H15ClN4. The summed E-state index contributed by atoms with van der Waals surface area (Å²) >= 11 is 6.25. The monoisotopic (exact) mass is 250 g/mol. The van der Waals surface area contributed by atoms with Gasteiger partial charge in [-0.25, -0.2) is 9.67 Å². The van der Waals surface area contributed by atoms with Crippen molar-refractivity contribution in [3.05, 3.63) is 40.4 Å². The summed E-state index contributed by atoms with van der Waals surface area (Å²) in [7, 11) is 0. The second kappa shape index (κ2) is 4.47. The van der Waals surface area contributed by atoms with Crippen molar-refractivity contribution in [2.75, 3.05) is 0 Å². The van der Waals surface area contributed by atoms with Crippen LogP contribution in [0.4, 0.5) is 0 Å². The third-order valence-electron chi connectivity index (χ3n) is 2.60. The van der Waals surface area contributed by atoms with E-state index in [9.17, 15) is 0 Å². The second-order valence-corrected chi connectivity index (χ2v) is 4.52. The molecule has 0 bridgehead atoms. The lowest BCUT2D eigenvalue weighted by molar-refractivity contribution is 0.807. The Balaban J connectivity index is 2.50. The summed E-state index contributed by atoms with van der Waals surface area (Å²) in [5, 5.41) is 4.94. The molecule has 1 unspecified atom stereocenters. The van der Waals surface area contributed by atoms with Gasteiger partial charge in [-0.3, -0.25) is 0 Å². The molecule has 17 heavy (non-hydrogen) atoms. The van der Waals surface area contributed by atoms with Crippen LogP contribution in [0.3, 0.4) is 0 Å². The molecule has 90 valence electrons. The van der Waals surface area contributed by atoms with E-state index in [0.717, 1.165) is 22.9 Å². The molecule has 0 fully saturated rings. The second-order valence-electron chi connectivity index (χ2n) is 4.12. The van der Waals surface area contributed by atoms with Crippen molar-refractivity contribution in [2.24, 2.45) is 5.73 Å². The summed E-state index contributed by atoms with van der Waals surface area (Å²) in [4.78, 5) is 4.25. The molecule has 4 nitrogen and oxygen atoms in total. The normalized spacial score (nSPS) is 12.8. The van der Waals surface area contributed by atoms with Crippen molar-refractivity contribution in [1.29, 1.82) is 0 Å². The fraction of sp³-hybridized carbons (Fsp3) is 0.333. The minimum absolute atomic E-state index is 0.0277. The molecule has 0 aliphatic heterocycles. The third-order valence-corrected chi connectivity index (χ3v) is 2.90. The van der Waals surface area contributed by atoms with E-state index in [-0.39, 0.29) is 6.04 Å². The minimum Gasteiger partial charge on any atom is -0.324 e. The van der Waals surface area contributed by atoms with Gasteiger partial charge in [0, 0.05) is 6.04 Å². The molecule has 1 aromatic carbocycles. The molecule has 0 amide bonds. The van der Waals surface area contributed by atoms with E-state index < -0.39 is 0 Å². The summed E-state index contributed by atoms with van der Waals surface area (Å²) in [6.45, 7) is 5.68. The number of aromatic nitrogens is 3. The molecule has 1 aromatic heterocycles. The van der Waals surface area contributed by atoms with E-state index in [2.05, 4.69) is 10.1 Å². The molecule has 0 aliphatic carbocycles. The Bertz CT molecular complexity index is 545. The fourth-order valence-corrected chi connectivity index (χ4v) is 2.00. The van der Waals surface area contributed by atoms with E-state index in [0.29, 0.717) is 5.02 Å². The Morgan fingerprint density at radius 1 is 1.35 bits per heavy atom. The lowest BCUT2D eigenvalue weighted by atomic mass is 10.1. The third kappa shape index (κ3) is 2.33. The quantitative estimate of drug-likeness (QED) is 0.891. The van der Waals surface area contributed by atoms with Crippen molar-refractivity contribution in [2.45, 2.75) is 26.8 Å². The average molecular weight is 251 g/mol. The Morgan fingerprint density at radius 2 is 2.06 bits per heavy atom. The minimum atomic E-state index is -0.0277. The van der Waals surface area contributed by atoms with Crippen molar-refractivity contribution in [1.82, 2.24) is 14.8 Å². The van der Waals surface area contributed by atoms with Crippen LogP contribution in [-0.2, 0) is 0 Å². The summed E-state index contributed by atoms with van der Waals surface area (Å²) in [6, 6.07) is 5.72. The summed E-state index contributed by atoms with van der Waals surface area (Å²) in [5.74, 6) is 1.55. The van der Waals surface area contributed by atoms with Crippen LogP contribution in [0, 0.1) is 13.8 Å². The SMILES string of the molecule is Cc1nc(C)n(-c2ccc(C(C)N)cc2Cl)n1. The Kier molecular flexibility index (Phi) is 3.17. The highest BCUT2D eigenvalue weighted by molar-refractivity contribution is 6.32. The highest BCUT2D eigenvalue weighted by Crippen LogP contribution is 2.24. The molecule has 0 saturated heterocycles. The predicted molar refractivity (Wildman–Crippen MR) is 68.4 cm³/mol. The van der Waals surface area contributed by atoms with Crippen molar-refractivity contribution in [3.63, 3.8) is 0 Å². The molecule has 0 aliphatic rings. The Morgan fingerprint density at radius 3 is 2.53 bits per heavy atom.